The van der Waals surface area contributed by atoms with Gasteiger partial charge in [-0.3, -0.25) is 0 Å². The van der Waals surface area contributed by atoms with Crippen LogP contribution in [0.3, 0.4) is 0 Å². The highest BCUT2D eigenvalue weighted by Crippen LogP contribution is 2.52. The fraction of sp³-hybridized carbons (Fsp3) is 0.929. The van der Waals surface area contributed by atoms with E-state index in [1.54, 1.807) is 0 Å². The van der Waals surface area contributed by atoms with Crippen LogP contribution in [-0.4, -0.2) is 0 Å². The van der Waals surface area contributed by atoms with Crippen molar-refractivity contribution in [2.24, 2.45) is 22.2 Å². The van der Waals surface area contributed by atoms with Crippen LogP contribution in [0.5, 0.6) is 0 Å². The van der Waals surface area contributed by atoms with Crippen LogP contribution in [0.4, 0.5) is 0 Å². The lowest BCUT2D eigenvalue weighted by Crippen LogP contribution is -2.39. The first-order valence-electron chi connectivity index (χ1n) is 5.89. The summed E-state index contributed by atoms with van der Waals surface area (Å²) in [6.45, 7) is 16.7. The van der Waals surface area contributed by atoms with Crippen LogP contribution >= 0.6 is 0 Å². The van der Waals surface area contributed by atoms with Crippen LogP contribution in [-0.2, 0) is 0 Å². The Hall–Kier alpha value is 0. The van der Waals surface area contributed by atoms with Crippen molar-refractivity contribution in [2.45, 2.75) is 61.3 Å². The van der Waals surface area contributed by atoms with E-state index in [9.17, 15) is 0 Å². The molecule has 0 atom stereocenters. The average molecular weight is 195 g/mol. The summed E-state index contributed by atoms with van der Waals surface area (Å²) in [4.78, 5) is 0. The molecule has 0 aromatic rings. The number of hydrogen-bond acceptors (Lipinski definition) is 0. The second kappa shape index (κ2) is 3.25. The van der Waals surface area contributed by atoms with Gasteiger partial charge in [0.2, 0.25) is 0 Å². The second-order valence-corrected chi connectivity index (χ2v) is 7.59. The smallest absolute Gasteiger partial charge is 0.0272 e. The van der Waals surface area contributed by atoms with Crippen LogP contribution in [0.2, 0.25) is 0 Å². The van der Waals surface area contributed by atoms with E-state index >= 15 is 0 Å². The lowest BCUT2D eigenvalue weighted by molar-refractivity contribution is 0.0677. The van der Waals surface area contributed by atoms with Gasteiger partial charge in [0.05, 0.1) is 0 Å². The topological polar surface area (TPSA) is 0 Å². The summed E-state index contributed by atoms with van der Waals surface area (Å²) < 4.78 is 0. The summed E-state index contributed by atoms with van der Waals surface area (Å²) in [5.41, 5.74) is 1.29. The molecule has 0 heteroatoms. The van der Waals surface area contributed by atoms with Crippen LogP contribution in [0, 0.1) is 28.6 Å². The van der Waals surface area contributed by atoms with Gasteiger partial charge in [0.15, 0.2) is 0 Å². The van der Waals surface area contributed by atoms with Crippen molar-refractivity contribution in [3.05, 3.63) is 6.42 Å². The van der Waals surface area contributed by atoms with Crippen molar-refractivity contribution in [1.29, 1.82) is 0 Å². The molecule has 0 aromatic carbocycles. The van der Waals surface area contributed by atoms with Crippen molar-refractivity contribution in [3.63, 3.8) is 0 Å². The van der Waals surface area contributed by atoms with Crippen molar-refractivity contribution < 1.29 is 0 Å². The monoisotopic (exact) mass is 195 g/mol. The molecule has 0 saturated heterocycles. The number of rotatable bonds is 0. The Labute approximate surface area is 90.5 Å². The van der Waals surface area contributed by atoms with E-state index in [0.717, 1.165) is 5.92 Å². The molecule has 1 radical (unpaired) electrons. The molecule has 83 valence electrons. The Morgan fingerprint density at radius 2 is 1.29 bits per heavy atom. The minimum absolute atomic E-state index is 0.416. The first-order valence-corrected chi connectivity index (χ1v) is 5.89. The highest BCUT2D eigenvalue weighted by molar-refractivity contribution is 5.04. The molecule has 0 aliphatic heterocycles. The Kier molecular flexibility index (Phi) is 2.80. The van der Waals surface area contributed by atoms with Gasteiger partial charge in [0.25, 0.3) is 0 Å². The standard InChI is InChI=1S/C14H27/c1-12(2,3)11-8-13(4,5)10-14(6,7)9-11/h10-11H,8-9H2,1-7H3. The summed E-state index contributed by atoms with van der Waals surface area (Å²) in [6, 6.07) is 0. The maximum absolute atomic E-state index is 2.56. The van der Waals surface area contributed by atoms with Crippen molar-refractivity contribution in [2.75, 3.05) is 0 Å². The van der Waals surface area contributed by atoms with Crippen LogP contribution in [0.25, 0.3) is 0 Å². The third kappa shape index (κ3) is 3.00. The first kappa shape index (κ1) is 12.1. The zero-order valence-corrected chi connectivity index (χ0v) is 11.1. The van der Waals surface area contributed by atoms with Crippen LogP contribution < -0.4 is 0 Å². The fourth-order valence-corrected chi connectivity index (χ4v) is 3.13. The molecule has 0 unspecified atom stereocenters. The third-order valence-corrected chi connectivity index (χ3v) is 3.55. The maximum atomic E-state index is 2.56. The Morgan fingerprint density at radius 3 is 1.57 bits per heavy atom. The van der Waals surface area contributed by atoms with E-state index in [4.69, 9.17) is 0 Å². The molecule has 14 heavy (non-hydrogen) atoms. The van der Waals surface area contributed by atoms with Gasteiger partial charge in [0.1, 0.15) is 0 Å². The van der Waals surface area contributed by atoms with Crippen LogP contribution in [0.15, 0.2) is 0 Å². The molecule has 0 amide bonds. The molecule has 0 N–H and O–H groups in total. The van der Waals surface area contributed by atoms with E-state index in [0.29, 0.717) is 16.2 Å². The van der Waals surface area contributed by atoms with Crippen molar-refractivity contribution >= 4 is 0 Å². The zero-order chi connectivity index (χ0) is 11.2. The Bertz CT molecular complexity index is 187. The lowest BCUT2D eigenvalue weighted by Gasteiger charge is -2.49. The molecule has 0 aromatic heterocycles. The van der Waals surface area contributed by atoms with E-state index in [-0.39, 0.29) is 0 Å². The second-order valence-electron chi connectivity index (χ2n) is 7.59. The van der Waals surface area contributed by atoms with Gasteiger partial charge in [0, 0.05) is 0 Å². The molecular weight excluding hydrogens is 168 g/mol. The molecule has 1 rings (SSSR count). The quantitative estimate of drug-likeness (QED) is 0.525. The molecule has 0 heterocycles. The maximum Gasteiger partial charge on any atom is -0.0272 e. The summed E-state index contributed by atoms with van der Waals surface area (Å²) in [5, 5.41) is 0. The lowest BCUT2D eigenvalue weighted by atomic mass is 9.56. The normalized spacial score (nSPS) is 27.6. The molecule has 1 aliphatic carbocycles. The van der Waals surface area contributed by atoms with E-state index in [1.807, 2.05) is 0 Å². The molecule has 1 saturated carbocycles. The molecule has 1 fully saturated rings. The largest absolute Gasteiger partial charge is 0.0599 e. The van der Waals surface area contributed by atoms with Gasteiger partial charge in [-0.15, -0.1) is 0 Å². The van der Waals surface area contributed by atoms with Gasteiger partial charge < -0.3 is 0 Å². The van der Waals surface area contributed by atoms with Crippen LogP contribution in [0.1, 0.15) is 61.3 Å². The molecule has 1 aliphatic rings. The van der Waals surface area contributed by atoms with Gasteiger partial charge in [-0.1, -0.05) is 48.5 Å². The molecule has 0 spiro atoms. The Balaban J connectivity index is 2.82. The molecule has 0 nitrogen and oxygen atoms in total. The highest BCUT2D eigenvalue weighted by Gasteiger charge is 2.42. The third-order valence-electron chi connectivity index (χ3n) is 3.55. The predicted molar refractivity (Wildman–Crippen MR) is 64.0 cm³/mol. The first-order chi connectivity index (χ1) is 6.02. The average Bonchev–Trinajstić information content (AvgIpc) is 1.76. The number of hydrogen-bond donors (Lipinski definition) is 0. The van der Waals surface area contributed by atoms with Gasteiger partial charge >= 0.3 is 0 Å². The van der Waals surface area contributed by atoms with E-state index < -0.39 is 0 Å². The summed E-state index contributed by atoms with van der Waals surface area (Å²) in [5.74, 6) is 0.859. The summed E-state index contributed by atoms with van der Waals surface area (Å²) in [7, 11) is 0. The fourth-order valence-electron chi connectivity index (χ4n) is 3.13. The predicted octanol–water partition coefficient (Wildman–Crippen LogP) is 4.70. The van der Waals surface area contributed by atoms with Gasteiger partial charge in [-0.25, -0.2) is 0 Å². The van der Waals surface area contributed by atoms with Gasteiger partial charge in [-0.2, -0.15) is 0 Å². The van der Waals surface area contributed by atoms with E-state index in [1.165, 1.54) is 12.8 Å². The SMILES string of the molecule is CC1(C)[CH]C(C)(C)CC(C(C)(C)C)C1. The molecular formula is C14H27. The van der Waals surface area contributed by atoms with Gasteiger partial charge in [-0.05, 0) is 41.4 Å². The summed E-state index contributed by atoms with van der Waals surface area (Å²) in [6.07, 6.45) is 5.25. The van der Waals surface area contributed by atoms with E-state index in [2.05, 4.69) is 54.9 Å². The highest BCUT2D eigenvalue weighted by atomic mass is 14.5. The minimum atomic E-state index is 0.416. The zero-order valence-electron chi connectivity index (χ0n) is 11.1. The van der Waals surface area contributed by atoms with Crippen molar-refractivity contribution in [3.8, 4) is 0 Å². The minimum Gasteiger partial charge on any atom is -0.0599 e. The van der Waals surface area contributed by atoms with Crippen molar-refractivity contribution in [1.82, 2.24) is 0 Å². The Morgan fingerprint density at radius 1 is 0.929 bits per heavy atom. The summed E-state index contributed by atoms with van der Waals surface area (Å²) >= 11 is 0. The molecule has 0 bridgehead atoms.